The zero-order valence-corrected chi connectivity index (χ0v) is 19.2. The largest absolute Gasteiger partial charge is 0.493 e. The van der Waals surface area contributed by atoms with Crippen molar-refractivity contribution in [2.45, 2.75) is 46.1 Å². The normalized spacial score (nSPS) is 12.5. The maximum Gasteiger partial charge on any atom is 0.258 e. The number of nitrogens with zero attached hydrogens (tertiary/aromatic N) is 1. The molecule has 0 bridgehead atoms. The van der Waals surface area contributed by atoms with Crippen molar-refractivity contribution >= 4 is 5.91 Å². The van der Waals surface area contributed by atoms with Gasteiger partial charge in [-0.25, -0.2) is 0 Å². The fourth-order valence-electron chi connectivity index (χ4n) is 3.47. The van der Waals surface area contributed by atoms with Crippen LogP contribution in [0.1, 0.15) is 51.8 Å². The lowest BCUT2D eigenvalue weighted by Crippen LogP contribution is -2.39. The molecule has 1 N–H and O–H groups in total. The molecule has 5 heteroatoms. The van der Waals surface area contributed by atoms with Crippen molar-refractivity contribution in [3.05, 3.63) is 59.7 Å². The maximum atomic E-state index is 12.4. The molecule has 5 nitrogen and oxygen atoms in total. The summed E-state index contributed by atoms with van der Waals surface area (Å²) in [6, 6.07) is 16.2. The average Bonchev–Trinajstić information content (AvgIpc) is 2.74. The van der Waals surface area contributed by atoms with Crippen LogP contribution in [-0.4, -0.2) is 44.2 Å². The number of hydrogen-bond acceptors (Lipinski definition) is 4. The van der Waals surface area contributed by atoms with Crippen LogP contribution in [0.5, 0.6) is 11.5 Å². The molecule has 0 saturated heterocycles. The van der Waals surface area contributed by atoms with E-state index >= 15 is 0 Å². The van der Waals surface area contributed by atoms with Gasteiger partial charge in [-0.05, 0) is 41.8 Å². The van der Waals surface area contributed by atoms with Crippen LogP contribution in [-0.2, 0) is 10.2 Å². The third kappa shape index (κ3) is 6.49. The van der Waals surface area contributed by atoms with Gasteiger partial charge in [0.2, 0.25) is 0 Å². The molecule has 0 aliphatic rings. The van der Waals surface area contributed by atoms with Crippen LogP contribution >= 0.6 is 0 Å². The second kappa shape index (κ2) is 11.0. The summed E-state index contributed by atoms with van der Waals surface area (Å²) in [5.74, 6) is 1.03. The van der Waals surface area contributed by atoms with E-state index in [0.717, 1.165) is 13.1 Å². The van der Waals surface area contributed by atoms with Crippen molar-refractivity contribution in [2.75, 3.05) is 33.4 Å². The Morgan fingerprint density at radius 1 is 1.00 bits per heavy atom. The number of carbonyl (C=O) groups is 1. The molecule has 0 spiro atoms. The summed E-state index contributed by atoms with van der Waals surface area (Å²) in [5.41, 5.74) is 2.63. The standard InChI is InChI=1S/C25H36N2O3/c1-7-27(8-2)21(19-13-15-20(16-14-19)25(3,4)5)17-26-24(28)18-30-23-12-10-9-11-22(23)29-6/h9-16,21H,7-8,17-18H2,1-6H3,(H,26,28)/t21-/m1/s1. The highest BCUT2D eigenvalue weighted by molar-refractivity contribution is 5.77. The highest BCUT2D eigenvalue weighted by atomic mass is 16.5. The van der Waals surface area contributed by atoms with Crippen molar-refractivity contribution < 1.29 is 14.3 Å². The minimum absolute atomic E-state index is 0.0473. The molecule has 0 aromatic heterocycles. The van der Waals surface area contributed by atoms with Gasteiger partial charge >= 0.3 is 0 Å². The molecular formula is C25H36N2O3. The lowest BCUT2D eigenvalue weighted by molar-refractivity contribution is -0.123. The lowest BCUT2D eigenvalue weighted by atomic mass is 9.86. The lowest BCUT2D eigenvalue weighted by Gasteiger charge is -2.31. The Kier molecular flexibility index (Phi) is 8.72. The smallest absolute Gasteiger partial charge is 0.258 e. The molecule has 30 heavy (non-hydrogen) atoms. The molecule has 0 unspecified atom stereocenters. The number of benzene rings is 2. The van der Waals surface area contributed by atoms with Crippen LogP contribution in [0, 0.1) is 0 Å². The number of rotatable bonds is 10. The molecule has 0 aliphatic carbocycles. The summed E-state index contributed by atoms with van der Waals surface area (Å²) >= 11 is 0. The summed E-state index contributed by atoms with van der Waals surface area (Å²) in [4.78, 5) is 14.8. The van der Waals surface area contributed by atoms with Crippen molar-refractivity contribution in [1.29, 1.82) is 0 Å². The highest BCUT2D eigenvalue weighted by Crippen LogP contribution is 2.27. The van der Waals surface area contributed by atoms with Crippen LogP contribution in [0.2, 0.25) is 0 Å². The summed E-state index contributed by atoms with van der Waals surface area (Å²) < 4.78 is 10.9. The second-order valence-electron chi connectivity index (χ2n) is 8.35. The number of likely N-dealkylation sites (N-methyl/N-ethyl adjacent to an activating group) is 1. The molecule has 1 atom stereocenters. The zero-order chi connectivity index (χ0) is 22.1. The van der Waals surface area contributed by atoms with Gasteiger partial charge in [0.05, 0.1) is 13.2 Å². The minimum atomic E-state index is -0.149. The van der Waals surface area contributed by atoms with Gasteiger partial charge in [-0.15, -0.1) is 0 Å². The van der Waals surface area contributed by atoms with Gasteiger partial charge in [-0.1, -0.05) is 71.0 Å². The quantitative estimate of drug-likeness (QED) is 0.621. The number of hydrogen-bond donors (Lipinski definition) is 1. The van der Waals surface area contributed by atoms with E-state index in [1.54, 1.807) is 13.2 Å². The number of methoxy groups -OCH3 is 1. The summed E-state index contributed by atoms with van der Waals surface area (Å²) in [7, 11) is 1.59. The van der Waals surface area contributed by atoms with E-state index in [1.807, 2.05) is 18.2 Å². The van der Waals surface area contributed by atoms with Crippen LogP contribution in [0.25, 0.3) is 0 Å². The van der Waals surface area contributed by atoms with Gasteiger partial charge < -0.3 is 14.8 Å². The fraction of sp³-hybridized carbons (Fsp3) is 0.480. The number of ether oxygens (including phenoxy) is 2. The first-order valence-corrected chi connectivity index (χ1v) is 10.7. The van der Waals surface area contributed by atoms with E-state index in [2.05, 4.69) is 69.1 Å². The molecular weight excluding hydrogens is 376 g/mol. The van der Waals surface area contributed by atoms with E-state index in [9.17, 15) is 4.79 Å². The molecule has 2 aromatic rings. The highest BCUT2D eigenvalue weighted by Gasteiger charge is 2.20. The third-order valence-electron chi connectivity index (χ3n) is 5.34. The predicted octanol–water partition coefficient (Wildman–Crippen LogP) is 4.57. The summed E-state index contributed by atoms with van der Waals surface area (Å²) in [6.07, 6.45) is 0. The number of amides is 1. The van der Waals surface area contributed by atoms with Crippen molar-refractivity contribution in [3.8, 4) is 11.5 Å². The minimum Gasteiger partial charge on any atom is -0.493 e. The van der Waals surface area contributed by atoms with Gasteiger partial charge in [0.1, 0.15) is 0 Å². The predicted molar refractivity (Wildman–Crippen MR) is 122 cm³/mol. The van der Waals surface area contributed by atoms with E-state index in [1.165, 1.54) is 11.1 Å². The van der Waals surface area contributed by atoms with Gasteiger partial charge in [-0.2, -0.15) is 0 Å². The fourth-order valence-corrected chi connectivity index (χ4v) is 3.47. The maximum absolute atomic E-state index is 12.4. The van der Waals surface area contributed by atoms with Crippen LogP contribution < -0.4 is 14.8 Å². The molecule has 0 heterocycles. The topological polar surface area (TPSA) is 50.8 Å². The van der Waals surface area contributed by atoms with Gasteiger partial charge in [0.15, 0.2) is 18.1 Å². The second-order valence-corrected chi connectivity index (χ2v) is 8.35. The monoisotopic (exact) mass is 412 g/mol. The Bertz CT molecular complexity index is 793. The van der Waals surface area contributed by atoms with Crippen molar-refractivity contribution in [1.82, 2.24) is 10.2 Å². The molecule has 0 aliphatic heterocycles. The third-order valence-corrected chi connectivity index (χ3v) is 5.34. The van der Waals surface area contributed by atoms with E-state index < -0.39 is 0 Å². The molecule has 0 fully saturated rings. The Labute approximate surface area is 181 Å². The van der Waals surface area contributed by atoms with Gasteiger partial charge in [-0.3, -0.25) is 9.69 Å². The Hall–Kier alpha value is -2.53. The van der Waals surface area contributed by atoms with E-state index in [4.69, 9.17) is 9.47 Å². The average molecular weight is 413 g/mol. The first kappa shape index (κ1) is 23.7. The summed E-state index contributed by atoms with van der Waals surface area (Å²) in [6.45, 7) is 13.2. The zero-order valence-electron chi connectivity index (χ0n) is 19.2. The SMILES string of the molecule is CCN(CC)[C@H](CNC(=O)COc1ccccc1OC)c1ccc(C(C)(C)C)cc1. The molecule has 2 rings (SSSR count). The number of nitrogens with one attached hydrogen (secondary N) is 1. The Morgan fingerprint density at radius 3 is 2.13 bits per heavy atom. The van der Waals surface area contributed by atoms with Gasteiger partial charge in [0, 0.05) is 6.54 Å². The molecule has 2 aromatic carbocycles. The number of para-hydroxylation sites is 2. The van der Waals surface area contributed by atoms with E-state index in [0.29, 0.717) is 18.0 Å². The van der Waals surface area contributed by atoms with Crippen LogP contribution in [0.15, 0.2) is 48.5 Å². The Balaban J connectivity index is 2.03. The van der Waals surface area contributed by atoms with Gasteiger partial charge in [0.25, 0.3) is 5.91 Å². The summed E-state index contributed by atoms with van der Waals surface area (Å²) in [5, 5.41) is 3.04. The van der Waals surface area contributed by atoms with Crippen molar-refractivity contribution in [3.63, 3.8) is 0 Å². The van der Waals surface area contributed by atoms with Crippen LogP contribution in [0.4, 0.5) is 0 Å². The Morgan fingerprint density at radius 2 is 1.60 bits per heavy atom. The molecule has 0 saturated carbocycles. The first-order chi connectivity index (χ1) is 14.3. The first-order valence-electron chi connectivity index (χ1n) is 10.7. The number of carbonyl (C=O) groups excluding carboxylic acids is 1. The molecule has 164 valence electrons. The van der Waals surface area contributed by atoms with E-state index in [-0.39, 0.29) is 24.0 Å². The van der Waals surface area contributed by atoms with Crippen LogP contribution in [0.3, 0.4) is 0 Å². The molecule has 1 amide bonds. The van der Waals surface area contributed by atoms with Crippen molar-refractivity contribution in [2.24, 2.45) is 0 Å². The molecule has 0 radical (unpaired) electrons.